The monoisotopic (exact) mass is 326 g/mol. The quantitative estimate of drug-likeness (QED) is 0.694. The Kier molecular flexibility index (Phi) is 4.69. The molecule has 1 aliphatic rings. The second-order valence-electron chi connectivity index (χ2n) is 7.05. The number of likely N-dealkylation sites (N-methyl/N-ethyl adjacent to an activating group) is 1. The first-order valence-corrected chi connectivity index (χ1v) is 8.31. The minimum Gasteiger partial charge on any atom is -0.454 e. The van der Waals surface area contributed by atoms with Crippen molar-refractivity contribution >= 4 is 5.97 Å². The summed E-state index contributed by atoms with van der Waals surface area (Å²) in [6.07, 6.45) is -0.546. The van der Waals surface area contributed by atoms with Crippen molar-refractivity contribution in [3.63, 3.8) is 0 Å². The van der Waals surface area contributed by atoms with Crippen LogP contribution in [0.1, 0.15) is 18.1 Å². The number of likely N-dealkylation sites (tertiary alicyclic amines) is 1. The van der Waals surface area contributed by atoms with Crippen LogP contribution in [0.5, 0.6) is 0 Å². The first-order valence-electron chi connectivity index (χ1n) is 8.31. The molecule has 0 spiro atoms. The summed E-state index contributed by atoms with van der Waals surface area (Å²) in [6.45, 7) is 1.77. The smallest absolute Gasteiger partial charge is 0.340 e. The summed E-state index contributed by atoms with van der Waals surface area (Å²) >= 11 is 0. The molecular weight excluding hydrogens is 302 g/mol. The lowest BCUT2D eigenvalue weighted by Crippen LogP contribution is -2.38. The lowest BCUT2D eigenvalue weighted by atomic mass is 9.96. The Morgan fingerprint density at radius 3 is 2.46 bits per heavy atom. The van der Waals surface area contributed by atoms with Gasteiger partial charge in [-0.15, -0.1) is 0 Å². The van der Waals surface area contributed by atoms with Gasteiger partial charge >= 0.3 is 5.97 Å². The van der Waals surface area contributed by atoms with Crippen LogP contribution in [0.4, 0.5) is 0 Å². The molecule has 0 aliphatic carbocycles. The third-order valence-corrected chi connectivity index (χ3v) is 4.60. The number of carbonyl (C=O) groups is 1. The first-order chi connectivity index (χ1) is 11.5. The molecule has 1 heterocycles. The van der Waals surface area contributed by atoms with E-state index in [1.165, 1.54) is 0 Å². The van der Waals surface area contributed by atoms with Crippen molar-refractivity contribution in [1.29, 1.82) is 0 Å². The molecule has 4 heteroatoms. The third kappa shape index (κ3) is 3.66. The van der Waals surface area contributed by atoms with Crippen LogP contribution in [-0.2, 0) is 9.53 Å². The second kappa shape index (κ2) is 6.75. The molecule has 24 heavy (non-hydrogen) atoms. The Labute approximate surface area is 142 Å². The Hall–Kier alpha value is -2.17. The number of hydrogen-bond donors (Lipinski definition) is 1. The fourth-order valence-electron chi connectivity index (χ4n) is 3.30. The highest BCUT2D eigenvalue weighted by atomic mass is 16.6. The van der Waals surface area contributed by atoms with Crippen molar-refractivity contribution in [3.8, 4) is 11.1 Å². The van der Waals surface area contributed by atoms with Crippen LogP contribution >= 0.6 is 0 Å². The molecule has 4 nitrogen and oxygen atoms in total. The zero-order valence-corrected chi connectivity index (χ0v) is 14.2. The number of esters is 1. The van der Waals surface area contributed by atoms with E-state index in [-0.39, 0.29) is 6.10 Å². The van der Waals surface area contributed by atoms with Gasteiger partial charge in [-0.3, -0.25) is 0 Å². The Bertz CT molecular complexity index is 712. The number of aliphatic hydroxyl groups excluding tert-OH is 1. The highest BCUT2D eigenvalue weighted by molar-refractivity contribution is 5.81. The molecule has 126 valence electrons. The predicted octanol–water partition coefficient (Wildman–Crippen LogP) is 2.78. The number of hydrogen-bond acceptors (Lipinski definition) is 3. The maximum atomic E-state index is 12.4. The standard InChI is InChI=1S/C20H24NO3/c1-21(2)13-12-16(14-21)24-20(23)19(22)18-11-7-6-10-17(18)15-8-4-3-5-9-15/h3-11,16,19,22H,12-14H2,1-2H3/q+1. The molecule has 1 saturated heterocycles. The van der Waals surface area contributed by atoms with Crippen molar-refractivity contribution in [2.45, 2.75) is 18.6 Å². The third-order valence-electron chi connectivity index (χ3n) is 4.60. The van der Waals surface area contributed by atoms with Crippen molar-refractivity contribution in [3.05, 3.63) is 60.2 Å². The summed E-state index contributed by atoms with van der Waals surface area (Å²) in [6, 6.07) is 17.2. The second-order valence-corrected chi connectivity index (χ2v) is 7.05. The molecule has 0 amide bonds. The Morgan fingerprint density at radius 1 is 1.12 bits per heavy atom. The van der Waals surface area contributed by atoms with Crippen LogP contribution in [0.25, 0.3) is 11.1 Å². The van der Waals surface area contributed by atoms with Gasteiger partial charge in [-0.25, -0.2) is 4.79 Å². The SMILES string of the molecule is C[N+]1(C)CCC(OC(=O)C(O)c2ccccc2-c2ccccc2)C1. The van der Waals surface area contributed by atoms with Gasteiger partial charge in [-0.2, -0.15) is 0 Å². The number of nitrogens with zero attached hydrogens (tertiary/aromatic N) is 1. The first kappa shape index (κ1) is 16.7. The van der Waals surface area contributed by atoms with E-state index in [9.17, 15) is 9.90 Å². The predicted molar refractivity (Wildman–Crippen MR) is 93.2 cm³/mol. The molecule has 2 aromatic carbocycles. The minimum absolute atomic E-state index is 0.119. The Balaban J connectivity index is 1.78. The molecule has 0 radical (unpaired) electrons. The van der Waals surface area contributed by atoms with Gasteiger partial charge in [0.05, 0.1) is 20.6 Å². The zero-order valence-electron chi connectivity index (χ0n) is 14.2. The van der Waals surface area contributed by atoms with Crippen molar-refractivity contribution < 1.29 is 19.1 Å². The van der Waals surface area contributed by atoms with Crippen molar-refractivity contribution in [1.82, 2.24) is 0 Å². The van der Waals surface area contributed by atoms with Gasteiger partial charge in [0.2, 0.25) is 0 Å². The largest absolute Gasteiger partial charge is 0.454 e. The van der Waals surface area contributed by atoms with E-state index < -0.39 is 12.1 Å². The summed E-state index contributed by atoms with van der Waals surface area (Å²) in [7, 11) is 4.24. The molecule has 3 rings (SSSR count). The van der Waals surface area contributed by atoms with Gasteiger partial charge in [-0.05, 0) is 16.7 Å². The van der Waals surface area contributed by atoms with Gasteiger partial charge in [0.25, 0.3) is 0 Å². The maximum absolute atomic E-state index is 12.4. The summed E-state index contributed by atoms with van der Waals surface area (Å²) in [5.74, 6) is -0.565. The van der Waals surface area contributed by atoms with E-state index >= 15 is 0 Å². The fraction of sp³-hybridized carbons (Fsp3) is 0.350. The molecule has 1 aliphatic heterocycles. The van der Waals surface area contributed by atoms with Gasteiger partial charge < -0.3 is 14.3 Å². The Morgan fingerprint density at radius 2 is 1.79 bits per heavy atom. The van der Waals surface area contributed by atoms with Crippen LogP contribution < -0.4 is 0 Å². The van der Waals surface area contributed by atoms with E-state index in [0.29, 0.717) is 5.56 Å². The van der Waals surface area contributed by atoms with Gasteiger partial charge in [0.15, 0.2) is 12.2 Å². The highest BCUT2D eigenvalue weighted by Crippen LogP contribution is 2.29. The molecule has 0 aromatic heterocycles. The zero-order chi connectivity index (χ0) is 17.2. The summed E-state index contributed by atoms with van der Waals surface area (Å²) in [5, 5.41) is 10.5. The van der Waals surface area contributed by atoms with Gasteiger partial charge in [-0.1, -0.05) is 54.6 Å². The number of rotatable bonds is 4. The number of aliphatic hydroxyl groups is 1. The molecular formula is C20H24NO3+. The van der Waals surface area contributed by atoms with Crippen LogP contribution in [-0.4, -0.2) is 48.8 Å². The lowest BCUT2D eigenvalue weighted by molar-refractivity contribution is -0.879. The fourth-order valence-corrected chi connectivity index (χ4v) is 3.30. The van der Waals surface area contributed by atoms with Crippen molar-refractivity contribution in [2.75, 3.05) is 27.2 Å². The summed E-state index contributed by atoms with van der Waals surface area (Å²) < 4.78 is 6.39. The number of ether oxygens (including phenoxy) is 1. The topological polar surface area (TPSA) is 46.5 Å². The highest BCUT2D eigenvalue weighted by Gasteiger charge is 2.35. The molecule has 1 fully saturated rings. The van der Waals surface area contributed by atoms with E-state index in [2.05, 4.69) is 14.1 Å². The van der Waals surface area contributed by atoms with Crippen LogP contribution in [0.2, 0.25) is 0 Å². The molecule has 0 saturated carbocycles. The molecule has 2 unspecified atom stereocenters. The minimum atomic E-state index is -1.27. The van der Waals surface area contributed by atoms with E-state index in [0.717, 1.165) is 35.1 Å². The van der Waals surface area contributed by atoms with Gasteiger partial charge in [0, 0.05) is 6.42 Å². The number of benzene rings is 2. The number of carbonyl (C=O) groups excluding carboxylic acids is 1. The van der Waals surface area contributed by atoms with Gasteiger partial charge in [0.1, 0.15) is 6.54 Å². The molecule has 2 aromatic rings. The molecule has 2 atom stereocenters. The summed E-state index contributed by atoms with van der Waals surface area (Å²) in [5.41, 5.74) is 2.41. The molecule has 0 bridgehead atoms. The number of quaternary nitrogens is 1. The van der Waals surface area contributed by atoms with Crippen LogP contribution in [0.15, 0.2) is 54.6 Å². The average molecular weight is 326 g/mol. The maximum Gasteiger partial charge on any atom is 0.340 e. The van der Waals surface area contributed by atoms with Crippen molar-refractivity contribution in [2.24, 2.45) is 0 Å². The summed E-state index contributed by atoms with van der Waals surface area (Å²) in [4.78, 5) is 12.4. The van der Waals surface area contributed by atoms with Crippen LogP contribution in [0, 0.1) is 0 Å². The average Bonchev–Trinajstić information content (AvgIpc) is 2.93. The van der Waals surface area contributed by atoms with E-state index in [1.54, 1.807) is 6.07 Å². The van der Waals surface area contributed by atoms with Crippen LogP contribution in [0.3, 0.4) is 0 Å². The molecule has 1 N–H and O–H groups in total. The van der Waals surface area contributed by atoms with E-state index in [1.807, 2.05) is 48.5 Å². The lowest BCUT2D eigenvalue weighted by Gasteiger charge is -2.23. The normalized spacial score (nSPS) is 20.5. The van der Waals surface area contributed by atoms with E-state index in [4.69, 9.17) is 4.74 Å².